The van der Waals surface area contributed by atoms with Crippen LogP contribution in [0.15, 0.2) is 48.5 Å². The fourth-order valence-electron chi connectivity index (χ4n) is 2.18. The predicted octanol–water partition coefficient (Wildman–Crippen LogP) is 3.18. The maximum Gasteiger partial charge on any atom is 0.261 e. The van der Waals surface area contributed by atoms with Gasteiger partial charge in [0.2, 0.25) is 0 Å². The van der Waals surface area contributed by atoms with E-state index in [1.54, 1.807) is 26.2 Å². The number of ether oxygens (including phenoxy) is 3. The zero-order valence-corrected chi connectivity index (χ0v) is 14.2. The van der Waals surface area contributed by atoms with Crippen LogP contribution in [0.1, 0.15) is 19.4 Å². The molecule has 1 atom stereocenters. The van der Waals surface area contributed by atoms with Crippen molar-refractivity contribution in [2.75, 3.05) is 13.7 Å². The van der Waals surface area contributed by atoms with E-state index in [1.165, 1.54) is 0 Å². The number of amides is 1. The summed E-state index contributed by atoms with van der Waals surface area (Å²) in [5, 5.41) is 2.87. The number of nitrogens with one attached hydrogen (secondary N) is 1. The smallest absolute Gasteiger partial charge is 0.261 e. The lowest BCUT2D eigenvalue weighted by molar-refractivity contribution is -0.127. The lowest BCUT2D eigenvalue weighted by atomic mass is 10.2. The molecule has 2 aromatic rings. The average molecular weight is 329 g/mol. The predicted molar refractivity (Wildman–Crippen MR) is 92.5 cm³/mol. The number of benzene rings is 2. The largest absolute Gasteiger partial charge is 0.497 e. The molecule has 2 aromatic carbocycles. The topological polar surface area (TPSA) is 56.8 Å². The van der Waals surface area contributed by atoms with Crippen molar-refractivity contribution < 1.29 is 19.0 Å². The molecule has 0 saturated heterocycles. The molecule has 0 aliphatic carbocycles. The van der Waals surface area contributed by atoms with Crippen LogP contribution in [0.5, 0.6) is 17.2 Å². The van der Waals surface area contributed by atoms with Gasteiger partial charge in [-0.3, -0.25) is 4.79 Å². The fourth-order valence-corrected chi connectivity index (χ4v) is 2.18. The molecule has 128 valence electrons. The Morgan fingerprint density at radius 3 is 2.54 bits per heavy atom. The summed E-state index contributed by atoms with van der Waals surface area (Å²) in [7, 11) is 1.59. The van der Waals surface area contributed by atoms with Crippen molar-refractivity contribution in [1.29, 1.82) is 0 Å². The Morgan fingerprint density at radius 2 is 1.79 bits per heavy atom. The third-order valence-corrected chi connectivity index (χ3v) is 3.40. The third-order valence-electron chi connectivity index (χ3n) is 3.40. The number of rotatable bonds is 8. The summed E-state index contributed by atoms with van der Waals surface area (Å²) in [5.74, 6) is 1.90. The average Bonchev–Trinajstić information content (AvgIpc) is 2.60. The van der Waals surface area contributed by atoms with Gasteiger partial charge < -0.3 is 19.5 Å². The van der Waals surface area contributed by atoms with Crippen molar-refractivity contribution in [1.82, 2.24) is 5.32 Å². The van der Waals surface area contributed by atoms with Crippen LogP contribution in [-0.4, -0.2) is 25.7 Å². The van der Waals surface area contributed by atoms with E-state index in [-0.39, 0.29) is 5.91 Å². The summed E-state index contributed by atoms with van der Waals surface area (Å²) in [4.78, 5) is 12.2. The molecule has 0 heterocycles. The Hall–Kier alpha value is -2.69. The van der Waals surface area contributed by atoms with Gasteiger partial charge in [0.1, 0.15) is 17.2 Å². The fraction of sp³-hybridized carbons (Fsp3) is 0.316. The van der Waals surface area contributed by atoms with E-state index in [4.69, 9.17) is 14.2 Å². The SMILES string of the molecule is CCOc1cccc(CNC(=O)[C@H](C)Oc2cccc(OC)c2)c1. The maximum absolute atomic E-state index is 12.2. The summed E-state index contributed by atoms with van der Waals surface area (Å²) in [5.41, 5.74) is 0.975. The van der Waals surface area contributed by atoms with E-state index in [2.05, 4.69) is 5.32 Å². The summed E-state index contributed by atoms with van der Waals surface area (Å²) >= 11 is 0. The number of hydrogen-bond acceptors (Lipinski definition) is 4. The Bertz CT molecular complexity index is 672. The van der Waals surface area contributed by atoms with E-state index in [1.807, 2.05) is 43.3 Å². The van der Waals surface area contributed by atoms with Crippen LogP contribution in [0.4, 0.5) is 0 Å². The Balaban J connectivity index is 1.88. The summed E-state index contributed by atoms with van der Waals surface area (Å²) in [6.45, 7) is 4.68. The summed E-state index contributed by atoms with van der Waals surface area (Å²) in [6, 6.07) is 14.8. The van der Waals surface area contributed by atoms with E-state index < -0.39 is 6.10 Å². The van der Waals surface area contributed by atoms with Crippen LogP contribution >= 0.6 is 0 Å². The molecule has 0 radical (unpaired) electrons. The molecule has 1 amide bonds. The first-order chi connectivity index (χ1) is 11.6. The molecule has 0 aliphatic heterocycles. The molecule has 24 heavy (non-hydrogen) atoms. The van der Waals surface area contributed by atoms with Gasteiger partial charge in [-0.25, -0.2) is 0 Å². The van der Waals surface area contributed by atoms with Gasteiger partial charge in [0, 0.05) is 12.6 Å². The molecule has 0 unspecified atom stereocenters. The Morgan fingerprint density at radius 1 is 1.08 bits per heavy atom. The zero-order chi connectivity index (χ0) is 17.4. The van der Waals surface area contributed by atoms with Crippen LogP contribution in [0.25, 0.3) is 0 Å². The maximum atomic E-state index is 12.2. The second kappa shape index (κ2) is 8.82. The highest BCUT2D eigenvalue weighted by Gasteiger charge is 2.14. The third kappa shape index (κ3) is 5.19. The zero-order valence-electron chi connectivity index (χ0n) is 14.2. The molecule has 0 aromatic heterocycles. The van der Waals surface area contributed by atoms with Crippen molar-refractivity contribution in [3.8, 4) is 17.2 Å². The monoisotopic (exact) mass is 329 g/mol. The highest BCUT2D eigenvalue weighted by Crippen LogP contribution is 2.20. The van der Waals surface area contributed by atoms with Crippen molar-refractivity contribution in [2.45, 2.75) is 26.5 Å². The highest BCUT2D eigenvalue weighted by atomic mass is 16.5. The van der Waals surface area contributed by atoms with Crippen LogP contribution in [0.3, 0.4) is 0 Å². The van der Waals surface area contributed by atoms with Gasteiger partial charge >= 0.3 is 0 Å². The normalized spacial score (nSPS) is 11.5. The molecule has 0 fully saturated rings. The number of hydrogen-bond donors (Lipinski definition) is 1. The second-order valence-electron chi connectivity index (χ2n) is 5.24. The molecule has 1 N–H and O–H groups in total. The molecule has 5 nitrogen and oxygen atoms in total. The van der Waals surface area contributed by atoms with Crippen molar-refractivity contribution >= 4 is 5.91 Å². The van der Waals surface area contributed by atoms with E-state index in [9.17, 15) is 4.79 Å². The Labute approximate surface area is 142 Å². The van der Waals surface area contributed by atoms with E-state index in [0.29, 0.717) is 24.7 Å². The summed E-state index contributed by atoms with van der Waals surface area (Å²) < 4.78 is 16.2. The van der Waals surface area contributed by atoms with Gasteiger partial charge in [-0.15, -0.1) is 0 Å². The summed E-state index contributed by atoms with van der Waals surface area (Å²) in [6.07, 6.45) is -0.604. The van der Waals surface area contributed by atoms with E-state index in [0.717, 1.165) is 11.3 Å². The molecular formula is C19H23NO4. The first-order valence-corrected chi connectivity index (χ1v) is 7.92. The van der Waals surface area contributed by atoms with Gasteiger partial charge in [0.15, 0.2) is 6.10 Å². The minimum atomic E-state index is -0.604. The Kier molecular flexibility index (Phi) is 6.49. The molecule has 2 rings (SSSR count). The first-order valence-electron chi connectivity index (χ1n) is 7.92. The molecule has 5 heteroatoms. The molecule has 0 bridgehead atoms. The van der Waals surface area contributed by atoms with Gasteiger partial charge in [-0.05, 0) is 43.7 Å². The molecular weight excluding hydrogens is 306 g/mol. The standard InChI is InChI=1S/C19H23NO4/c1-4-23-17-9-5-7-15(11-17)13-20-19(21)14(2)24-18-10-6-8-16(12-18)22-3/h5-12,14H,4,13H2,1-3H3,(H,20,21)/t14-/m0/s1. The van der Waals surface area contributed by atoms with Crippen LogP contribution in [0.2, 0.25) is 0 Å². The lowest BCUT2D eigenvalue weighted by Crippen LogP contribution is -2.35. The van der Waals surface area contributed by atoms with Crippen LogP contribution in [0, 0.1) is 0 Å². The van der Waals surface area contributed by atoms with Gasteiger partial charge in [0.05, 0.1) is 13.7 Å². The van der Waals surface area contributed by atoms with Gasteiger partial charge in [0.25, 0.3) is 5.91 Å². The van der Waals surface area contributed by atoms with Crippen molar-refractivity contribution in [2.24, 2.45) is 0 Å². The number of methoxy groups -OCH3 is 1. The van der Waals surface area contributed by atoms with Crippen molar-refractivity contribution in [3.05, 3.63) is 54.1 Å². The lowest BCUT2D eigenvalue weighted by Gasteiger charge is -2.15. The molecule has 0 aliphatic rings. The minimum absolute atomic E-state index is 0.181. The minimum Gasteiger partial charge on any atom is -0.497 e. The van der Waals surface area contributed by atoms with Crippen molar-refractivity contribution in [3.63, 3.8) is 0 Å². The van der Waals surface area contributed by atoms with Gasteiger partial charge in [-0.2, -0.15) is 0 Å². The van der Waals surface area contributed by atoms with E-state index >= 15 is 0 Å². The molecule has 0 saturated carbocycles. The number of carbonyl (C=O) groups excluding carboxylic acids is 1. The molecule has 0 spiro atoms. The van der Waals surface area contributed by atoms with Crippen LogP contribution in [-0.2, 0) is 11.3 Å². The van der Waals surface area contributed by atoms with Crippen LogP contribution < -0.4 is 19.5 Å². The quantitative estimate of drug-likeness (QED) is 0.808. The first kappa shape index (κ1) is 17.7. The second-order valence-corrected chi connectivity index (χ2v) is 5.24. The number of carbonyl (C=O) groups is 1. The highest BCUT2D eigenvalue weighted by molar-refractivity contribution is 5.80. The van der Waals surface area contributed by atoms with Gasteiger partial charge in [-0.1, -0.05) is 18.2 Å².